The van der Waals surface area contributed by atoms with Crippen molar-refractivity contribution in [3.63, 3.8) is 0 Å². The third kappa shape index (κ3) is 17.5. The predicted octanol–water partition coefficient (Wildman–Crippen LogP) is -3.19. The van der Waals surface area contributed by atoms with Gasteiger partial charge in [-0.3, -0.25) is 9.59 Å². The average molecular weight is 1110 g/mol. The Bertz CT molecular complexity index is 3270. The summed E-state index contributed by atoms with van der Waals surface area (Å²) in [6, 6.07) is 16.7. The number of anilines is 10. The second-order valence-corrected chi connectivity index (χ2v) is 19.7. The minimum Gasteiger partial charge on any atom is -0.744 e. The number of hydrogen-bond donors (Lipinski definition) is 5. The standard InChI is InChI=1S/C42H48N12O12S4.3Na/c1-7-53(8-2)41-50-38(47-39(51-41)45-32-24-31(68(56,57)58)19-12-26(32)6)44-30-18-16-28(36(23-30)70(62,63)64)14-13-27-15-17-29(22-34(27)67-66-65-55)43-37-48-40(52-42(49-37)54(9-3)10-4)46-33-21-25(5)11-20-35(33)69(59,60)61;;;/h11-24,55H,7-10H2,1-6H3,(H,56,57,58)(H,59,60,61)(H,62,63,64)(H2,43,46,48,49,52)(H2,44,45,47,50,51);;;/q;3*+1/p-3/b14-13+;;;. The van der Waals surface area contributed by atoms with Crippen molar-refractivity contribution >= 4 is 113 Å². The predicted molar refractivity (Wildman–Crippen MR) is 258 cm³/mol. The van der Waals surface area contributed by atoms with Gasteiger partial charge in [-0.25, -0.2) is 16.8 Å². The molecule has 0 aliphatic rings. The fraction of sp³-hybridized carbons (Fsp3) is 0.238. The SMILES string of the molecule is CCN(CC)c1nc(Nc2ccc(/C=C/c3ccc(Nc4nc(Nc5cc(C)ccc5S(=O)(=O)[O-])nc(N(CC)CC)n4)cc3SOO[O-])c(S(=O)(=O)O)c2)nc(Nc2cc(S(=O)(=O)[O-])ccc2C)n1.[Na+].[Na+].[Na+]. The summed E-state index contributed by atoms with van der Waals surface area (Å²) in [5, 5.41) is 26.3. The minimum atomic E-state index is -4.88. The van der Waals surface area contributed by atoms with E-state index in [0.29, 0.717) is 60.6 Å². The van der Waals surface area contributed by atoms with Gasteiger partial charge in [0.25, 0.3) is 10.1 Å². The number of nitrogens with one attached hydrogen (secondary N) is 4. The van der Waals surface area contributed by atoms with Gasteiger partial charge < -0.3 is 45.4 Å². The Morgan fingerprint density at radius 2 is 1.08 bits per heavy atom. The molecular weight excluding hydrogens is 1060 g/mol. The number of hydrogen-bond acceptors (Lipinski definition) is 24. The monoisotopic (exact) mass is 1110 g/mol. The Balaban J connectivity index is 0.00000469. The quantitative estimate of drug-likeness (QED) is 0.0112. The first kappa shape index (κ1) is 63.7. The molecule has 0 unspecified atom stereocenters. The Kier molecular flexibility index (Phi) is 24.4. The van der Waals surface area contributed by atoms with Crippen molar-refractivity contribution in [2.24, 2.45) is 0 Å². The molecule has 0 atom stereocenters. The molecule has 0 bridgehead atoms. The molecular formula is C42H45N12Na3O12S4. The van der Waals surface area contributed by atoms with Gasteiger partial charge in [0.15, 0.2) is 0 Å². The fourth-order valence-corrected chi connectivity index (χ4v) is 8.95. The number of nitrogens with zero attached hydrogens (tertiary/aromatic N) is 8. The summed E-state index contributed by atoms with van der Waals surface area (Å²) in [4.78, 5) is 29.1. The van der Waals surface area contributed by atoms with Crippen LogP contribution >= 0.6 is 12.0 Å². The average Bonchev–Trinajstić information content (AvgIpc) is 3.28. The van der Waals surface area contributed by atoms with Crippen LogP contribution in [0.25, 0.3) is 12.2 Å². The molecule has 73 heavy (non-hydrogen) atoms. The van der Waals surface area contributed by atoms with Gasteiger partial charge in [-0.15, -0.1) is 0 Å². The maximum atomic E-state index is 12.8. The van der Waals surface area contributed by atoms with Crippen LogP contribution in [0.1, 0.15) is 49.9 Å². The number of benzene rings is 4. The Hall–Kier alpha value is -3.60. The number of aryl methyl sites for hydroxylation is 2. The molecule has 31 heteroatoms. The van der Waals surface area contributed by atoms with E-state index in [4.69, 9.17) is 0 Å². The summed E-state index contributed by atoms with van der Waals surface area (Å²) < 4.78 is 112. The minimum absolute atomic E-state index is 0. The first-order valence-electron chi connectivity index (χ1n) is 20.9. The van der Waals surface area contributed by atoms with Gasteiger partial charge in [0, 0.05) is 48.1 Å². The van der Waals surface area contributed by atoms with Crippen LogP contribution in [0.5, 0.6) is 0 Å². The zero-order valence-corrected chi connectivity index (χ0v) is 50.3. The van der Waals surface area contributed by atoms with Crippen molar-refractivity contribution < 1.29 is 142 Å². The van der Waals surface area contributed by atoms with E-state index in [1.54, 1.807) is 35.8 Å². The molecule has 0 saturated carbocycles. The van der Waals surface area contributed by atoms with Crippen molar-refractivity contribution in [1.82, 2.24) is 29.9 Å². The van der Waals surface area contributed by atoms with Gasteiger partial charge in [-0.05, 0) is 112 Å². The van der Waals surface area contributed by atoms with Crippen LogP contribution < -0.4 is 125 Å². The maximum absolute atomic E-state index is 12.8. The molecule has 0 fully saturated rings. The van der Waals surface area contributed by atoms with Gasteiger partial charge in [0.1, 0.15) is 25.1 Å². The largest absolute Gasteiger partial charge is 1.00 e. The molecule has 0 spiro atoms. The summed E-state index contributed by atoms with van der Waals surface area (Å²) >= 11 is 0.524. The second-order valence-electron chi connectivity index (χ2n) is 14.8. The van der Waals surface area contributed by atoms with Crippen molar-refractivity contribution in [3.8, 4) is 0 Å². The van der Waals surface area contributed by atoms with E-state index in [1.165, 1.54) is 60.7 Å². The number of aromatic nitrogens is 6. The Morgan fingerprint density at radius 1 is 0.589 bits per heavy atom. The van der Waals surface area contributed by atoms with E-state index in [1.807, 2.05) is 27.7 Å². The summed E-state index contributed by atoms with van der Waals surface area (Å²) in [5.74, 6) is 0.237. The van der Waals surface area contributed by atoms with Crippen LogP contribution in [0.3, 0.4) is 0 Å². The van der Waals surface area contributed by atoms with Gasteiger partial charge in [-0.2, -0.15) is 42.7 Å². The molecule has 0 aliphatic heterocycles. The smallest absolute Gasteiger partial charge is 0.744 e. The summed E-state index contributed by atoms with van der Waals surface area (Å²) in [5.41, 5.74) is 2.32. The molecule has 0 radical (unpaired) electrons. The van der Waals surface area contributed by atoms with E-state index in [0.717, 1.165) is 12.1 Å². The van der Waals surface area contributed by atoms with Crippen molar-refractivity contribution in [3.05, 3.63) is 95.1 Å². The van der Waals surface area contributed by atoms with E-state index >= 15 is 0 Å². The topological polar surface area (TPSA) is 342 Å². The van der Waals surface area contributed by atoms with Crippen molar-refractivity contribution in [1.29, 1.82) is 0 Å². The van der Waals surface area contributed by atoms with Gasteiger partial charge in [0.05, 0.1) is 27.5 Å². The molecule has 4 aromatic carbocycles. The van der Waals surface area contributed by atoms with Crippen LogP contribution in [-0.2, 0) is 39.7 Å². The molecule has 372 valence electrons. The maximum Gasteiger partial charge on any atom is 1.00 e. The van der Waals surface area contributed by atoms with Crippen LogP contribution in [0, 0.1) is 13.8 Å². The van der Waals surface area contributed by atoms with Gasteiger partial charge >= 0.3 is 88.7 Å². The fourth-order valence-electron chi connectivity index (χ4n) is 6.62. The molecule has 0 amide bonds. The van der Waals surface area contributed by atoms with E-state index in [2.05, 4.69) is 60.5 Å². The van der Waals surface area contributed by atoms with E-state index in [-0.39, 0.29) is 152 Å². The second kappa shape index (κ2) is 28.0. The van der Waals surface area contributed by atoms with E-state index < -0.39 is 45.0 Å². The molecule has 5 N–H and O–H groups in total. The Labute approximate surface area is 493 Å². The normalized spacial score (nSPS) is 11.5. The molecule has 2 heterocycles. The summed E-state index contributed by atoms with van der Waals surface area (Å²) in [7, 11) is -14.5. The first-order valence-corrected chi connectivity index (χ1v) is 25.9. The van der Waals surface area contributed by atoms with Crippen molar-refractivity contribution in [2.45, 2.75) is 61.1 Å². The Morgan fingerprint density at radius 3 is 1.58 bits per heavy atom. The molecule has 6 rings (SSSR count). The first-order chi connectivity index (χ1) is 33.1. The molecule has 0 saturated heterocycles. The molecule has 0 aliphatic carbocycles. The van der Waals surface area contributed by atoms with Crippen LogP contribution in [-0.4, -0.2) is 95.0 Å². The zero-order valence-electron chi connectivity index (χ0n) is 41.1. The van der Waals surface area contributed by atoms with Crippen LogP contribution in [0.2, 0.25) is 0 Å². The van der Waals surface area contributed by atoms with Crippen LogP contribution in [0.15, 0.2) is 92.4 Å². The summed E-state index contributed by atoms with van der Waals surface area (Å²) in [6.07, 6.45) is 2.88. The molecule has 6 aromatic rings. The molecule has 2 aromatic heterocycles. The third-order valence-electron chi connectivity index (χ3n) is 10.1. The zero-order chi connectivity index (χ0) is 51.0. The summed E-state index contributed by atoms with van der Waals surface area (Å²) in [6.45, 7) is 12.9. The van der Waals surface area contributed by atoms with E-state index in [9.17, 15) is 44.2 Å². The van der Waals surface area contributed by atoms with Crippen molar-refractivity contribution in [2.75, 3.05) is 57.2 Å². The molecule has 24 nitrogen and oxygen atoms in total. The van der Waals surface area contributed by atoms with Gasteiger partial charge in [0.2, 0.25) is 35.7 Å². The van der Waals surface area contributed by atoms with Crippen LogP contribution in [0.4, 0.5) is 58.4 Å². The number of rotatable bonds is 22. The van der Waals surface area contributed by atoms with Gasteiger partial charge in [-0.1, -0.05) is 36.4 Å². The third-order valence-corrected chi connectivity index (χ3v) is 13.4.